The summed E-state index contributed by atoms with van der Waals surface area (Å²) < 4.78 is 13.2. The molecule has 0 bridgehead atoms. The number of nitrogens with one attached hydrogen (secondary N) is 2. The highest BCUT2D eigenvalue weighted by atomic mass is 16.5. The number of nitrogens with zero attached hydrogens (tertiary/aromatic N) is 4. The standard InChI is InChI=1S/C34H46N6O5/c1-3-27(41)12-9-21-44-24-19-36-31(42)16-17-32(43)39-25-26-11-5-6-13-28(26)34-33(29-14-7-8-15-30(29)39)37-38-40(34)20-10-22-45-23-18-35-4-2/h5-8,11,13-15,35H,3-4,9-10,12,16-25H2,1-2H3,(H,36,42). The average Bonchev–Trinajstić information content (AvgIpc) is 3.47. The number of carbonyl (C=O) groups excluding carboxylic acids is 3. The van der Waals surface area contributed by atoms with E-state index >= 15 is 0 Å². The van der Waals surface area contributed by atoms with Crippen LogP contribution in [0, 0.1) is 0 Å². The van der Waals surface area contributed by atoms with Gasteiger partial charge in [-0.15, -0.1) is 5.10 Å². The van der Waals surface area contributed by atoms with Gasteiger partial charge in [0.05, 0.1) is 31.1 Å². The van der Waals surface area contributed by atoms with Crippen LogP contribution in [0.15, 0.2) is 48.5 Å². The molecular formula is C34H46N6O5. The second-order valence-corrected chi connectivity index (χ2v) is 10.9. The van der Waals surface area contributed by atoms with Crippen LogP contribution in [0.1, 0.15) is 57.9 Å². The van der Waals surface area contributed by atoms with Gasteiger partial charge in [-0.2, -0.15) is 0 Å². The lowest BCUT2D eigenvalue weighted by molar-refractivity contribution is -0.125. The van der Waals surface area contributed by atoms with Gasteiger partial charge in [0.1, 0.15) is 11.5 Å². The quantitative estimate of drug-likeness (QED) is 0.192. The Labute approximate surface area is 265 Å². The number of rotatable bonds is 19. The van der Waals surface area contributed by atoms with E-state index in [1.807, 2.05) is 54.1 Å². The molecule has 0 spiro atoms. The second kappa shape index (κ2) is 18.1. The fraction of sp³-hybridized carbons (Fsp3) is 0.500. The molecule has 0 aliphatic carbocycles. The Morgan fingerprint density at radius 2 is 1.58 bits per heavy atom. The zero-order valence-corrected chi connectivity index (χ0v) is 26.6. The molecule has 0 fully saturated rings. The van der Waals surface area contributed by atoms with Crippen LogP contribution in [-0.4, -0.2) is 78.7 Å². The third-order valence-corrected chi connectivity index (χ3v) is 7.69. The molecule has 2 heterocycles. The van der Waals surface area contributed by atoms with Crippen molar-refractivity contribution in [3.8, 4) is 22.5 Å². The van der Waals surface area contributed by atoms with Crippen molar-refractivity contribution in [3.63, 3.8) is 0 Å². The van der Waals surface area contributed by atoms with E-state index in [0.29, 0.717) is 65.3 Å². The Morgan fingerprint density at radius 1 is 0.844 bits per heavy atom. The highest BCUT2D eigenvalue weighted by molar-refractivity contribution is 6.01. The fourth-order valence-electron chi connectivity index (χ4n) is 5.29. The van der Waals surface area contributed by atoms with E-state index in [1.165, 1.54) is 0 Å². The summed E-state index contributed by atoms with van der Waals surface area (Å²) in [7, 11) is 0. The Kier molecular flexibility index (Phi) is 13.7. The van der Waals surface area contributed by atoms with Gasteiger partial charge in [-0.25, -0.2) is 4.68 Å². The van der Waals surface area contributed by atoms with Gasteiger partial charge in [0.25, 0.3) is 0 Å². The first kappa shape index (κ1) is 34.0. The number of ether oxygens (including phenoxy) is 2. The molecule has 3 aromatic rings. The molecule has 0 saturated heterocycles. The predicted molar refractivity (Wildman–Crippen MR) is 174 cm³/mol. The molecule has 11 nitrogen and oxygen atoms in total. The highest BCUT2D eigenvalue weighted by Crippen LogP contribution is 2.41. The van der Waals surface area contributed by atoms with E-state index in [4.69, 9.17) is 9.47 Å². The van der Waals surface area contributed by atoms with Gasteiger partial charge in [0, 0.05) is 69.7 Å². The summed E-state index contributed by atoms with van der Waals surface area (Å²) in [5.41, 5.74) is 5.18. The number of carbonyl (C=O) groups is 3. The number of aryl methyl sites for hydroxylation is 1. The van der Waals surface area contributed by atoms with Crippen LogP contribution in [-0.2, 0) is 36.9 Å². The summed E-state index contributed by atoms with van der Waals surface area (Å²) >= 11 is 0. The van der Waals surface area contributed by atoms with Crippen molar-refractivity contribution in [2.75, 3.05) is 51.0 Å². The Hall–Kier alpha value is -3.93. The number of likely N-dealkylation sites (N-methyl/N-ethyl adjacent to an activating group) is 1. The van der Waals surface area contributed by atoms with Gasteiger partial charge in [0.15, 0.2) is 0 Å². The number of anilines is 1. The largest absolute Gasteiger partial charge is 0.380 e. The monoisotopic (exact) mass is 618 g/mol. The molecule has 2 N–H and O–H groups in total. The van der Waals surface area contributed by atoms with Crippen molar-refractivity contribution in [2.24, 2.45) is 0 Å². The summed E-state index contributed by atoms with van der Waals surface area (Å²) in [6, 6.07) is 15.8. The van der Waals surface area contributed by atoms with Crippen LogP contribution < -0.4 is 15.5 Å². The normalized spacial score (nSPS) is 12.1. The summed E-state index contributed by atoms with van der Waals surface area (Å²) in [6.45, 7) is 9.20. The van der Waals surface area contributed by atoms with E-state index < -0.39 is 0 Å². The zero-order valence-electron chi connectivity index (χ0n) is 26.6. The minimum atomic E-state index is -0.204. The van der Waals surface area contributed by atoms with Crippen molar-refractivity contribution in [2.45, 2.75) is 65.5 Å². The molecule has 1 aromatic heterocycles. The fourth-order valence-corrected chi connectivity index (χ4v) is 5.29. The maximum Gasteiger partial charge on any atom is 0.227 e. The lowest BCUT2D eigenvalue weighted by Crippen LogP contribution is -2.33. The topological polar surface area (TPSA) is 128 Å². The van der Waals surface area contributed by atoms with Gasteiger partial charge in [0.2, 0.25) is 11.8 Å². The third kappa shape index (κ3) is 9.78. The molecule has 2 amide bonds. The first-order valence-corrected chi connectivity index (χ1v) is 16.1. The van der Waals surface area contributed by atoms with Gasteiger partial charge >= 0.3 is 0 Å². The van der Waals surface area contributed by atoms with E-state index in [-0.39, 0.29) is 30.4 Å². The number of hydrogen-bond acceptors (Lipinski definition) is 8. The molecule has 0 saturated carbocycles. The van der Waals surface area contributed by atoms with Crippen LogP contribution in [0.3, 0.4) is 0 Å². The van der Waals surface area contributed by atoms with Gasteiger partial charge < -0.3 is 25.0 Å². The molecule has 11 heteroatoms. The molecule has 0 atom stereocenters. The van der Waals surface area contributed by atoms with E-state index in [2.05, 4.69) is 33.9 Å². The van der Waals surface area contributed by atoms with Crippen molar-refractivity contribution in [3.05, 3.63) is 54.1 Å². The molecule has 4 rings (SSSR count). The number of fused-ring (bicyclic) bond motifs is 5. The molecule has 45 heavy (non-hydrogen) atoms. The molecule has 0 unspecified atom stereocenters. The third-order valence-electron chi connectivity index (χ3n) is 7.69. The van der Waals surface area contributed by atoms with Crippen molar-refractivity contribution >= 4 is 23.3 Å². The van der Waals surface area contributed by atoms with Gasteiger partial charge in [-0.05, 0) is 31.0 Å². The molecule has 0 radical (unpaired) electrons. The van der Waals surface area contributed by atoms with E-state index in [1.54, 1.807) is 4.90 Å². The summed E-state index contributed by atoms with van der Waals surface area (Å²) in [4.78, 5) is 39.4. The van der Waals surface area contributed by atoms with Gasteiger partial charge in [-0.3, -0.25) is 14.4 Å². The maximum atomic E-state index is 13.7. The van der Waals surface area contributed by atoms with Crippen LogP contribution in [0.4, 0.5) is 5.69 Å². The van der Waals surface area contributed by atoms with E-state index in [9.17, 15) is 14.4 Å². The molecular weight excluding hydrogens is 572 g/mol. The first-order valence-electron chi connectivity index (χ1n) is 16.1. The van der Waals surface area contributed by atoms with Crippen LogP contribution in [0.2, 0.25) is 0 Å². The van der Waals surface area contributed by atoms with Crippen molar-refractivity contribution in [1.29, 1.82) is 0 Å². The molecule has 2 aromatic carbocycles. The number of para-hydroxylation sites is 1. The Bertz CT molecular complexity index is 1410. The summed E-state index contributed by atoms with van der Waals surface area (Å²) in [6.07, 6.45) is 2.67. The van der Waals surface area contributed by atoms with Crippen molar-refractivity contribution in [1.82, 2.24) is 25.6 Å². The van der Waals surface area contributed by atoms with Crippen LogP contribution in [0.25, 0.3) is 22.5 Å². The highest BCUT2D eigenvalue weighted by Gasteiger charge is 2.29. The minimum Gasteiger partial charge on any atom is -0.380 e. The van der Waals surface area contributed by atoms with Gasteiger partial charge in [-0.1, -0.05) is 61.5 Å². The Balaban J connectivity index is 1.40. The Morgan fingerprint density at radius 3 is 2.38 bits per heavy atom. The number of hydrogen-bond donors (Lipinski definition) is 2. The number of Topliss-reactive ketones (excluding diaryl/α,β-unsaturated/α-hetero) is 1. The lowest BCUT2D eigenvalue weighted by atomic mass is 9.95. The number of ketones is 1. The van der Waals surface area contributed by atoms with Crippen LogP contribution >= 0.6 is 0 Å². The second-order valence-electron chi connectivity index (χ2n) is 10.9. The number of benzene rings is 2. The zero-order chi connectivity index (χ0) is 31.9. The number of aromatic nitrogens is 3. The van der Waals surface area contributed by atoms with Crippen molar-refractivity contribution < 1.29 is 23.9 Å². The number of amides is 2. The van der Waals surface area contributed by atoms with E-state index in [0.717, 1.165) is 53.3 Å². The molecule has 242 valence electrons. The minimum absolute atomic E-state index is 0.0651. The lowest BCUT2D eigenvalue weighted by Gasteiger charge is -2.28. The first-order chi connectivity index (χ1) is 22.0. The predicted octanol–water partition coefficient (Wildman–Crippen LogP) is 4.15. The maximum absolute atomic E-state index is 13.7. The van der Waals surface area contributed by atoms with Crippen LogP contribution in [0.5, 0.6) is 0 Å². The smallest absolute Gasteiger partial charge is 0.227 e. The summed E-state index contributed by atoms with van der Waals surface area (Å²) in [5.74, 6) is -0.124. The molecule has 1 aliphatic heterocycles. The SMILES string of the molecule is CCNCCOCCCn1nnc2c1-c1ccccc1CN(C(=O)CCC(=O)NCCOCCCC(=O)CC)c1ccccc1-2. The molecule has 1 aliphatic rings. The summed E-state index contributed by atoms with van der Waals surface area (Å²) in [5, 5.41) is 15.2. The average molecular weight is 619 g/mol.